The standard InChI is InChI=1S/C20H24N4OS/c1-22-7-6-12(10-24-11-17(25)23(2)20(24)26)19-14-4-3-5-15-18(14)13(9-21-15)8-16(19)22/h3-5,9,11-12,16,19,21,25H,6-8,10H2,1-2H3/t12?,16-,19?/m1/s1. The average molecular weight is 369 g/mol. The number of likely N-dealkylation sites (tertiary alicyclic amines) is 1. The predicted molar refractivity (Wildman–Crippen MR) is 105 cm³/mol. The normalized spacial score (nSPS) is 25.5. The SMILES string of the molecule is CN1CCC(Cn2cc(O)n(C)c2=S)C2c3cccc4[nH]cc(c34)C[C@H]21. The third kappa shape index (κ3) is 2.21. The van der Waals surface area contributed by atoms with Crippen molar-refractivity contribution in [2.24, 2.45) is 13.0 Å². The Morgan fingerprint density at radius 1 is 1.31 bits per heavy atom. The Hall–Kier alpha value is -2.05. The van der Waals surface area contributed by atoms with Gasteiger partial charge >= 0.3 is 0 Å². The molecule has 136 valence electrons. The number of fused-ring (bicyclic) bond motifs is 2. The molecule has 3 heterocycles. The molecule has 1 saturated heterocycles. The monoisotopic (exact) mass is 368 g/mol. The van der Waals surface area contributed by atoms with Gasteiger partial charge in [-0.2, -0.15) is 0 Å². The van der Waals surface area contributed by atoms with Crippen molar-refractivity contribution in [1.29, 1.82) is 0 Å². The first-order chi connectivity index (χ1) is 12.5. The lowest BCUT2D eigenvalue weighted by Gasteiger charge is -2.46. The number of H-pyrrole nitrogens is 1. The largest absolute Gasteiger partial charge is 0.493 e. The minimum atomic E-state index is 0.234. The molecular weight excluding hydrogens is 344 g/mol. The van der Waals surface area contributed by atoms with Crippen LogP contribution in [0.2, 0.25) is 0 Å². The molecule has 3 aromatic rings. The number of aromatic hydroxyl groups is 1. The number of nitrogens with one attached hydrogen (secondary N) is 1. The second-order valence-corrected chi connectivity index (χ2v) is 8.26. The topological polar surface area (TPSA) is 49.1 Å². The van der Waals surface area contributed by atoms with Crippen LogP contribution in [0.15, 0.2) is 30.6 Å². The van der Waals surface area contributed by atoms with Crippen molar-refractivity contribution in [3.05, 3.63) is 46.5 Å². The highest BCUT2D eigenvalue weighted by Gasteiger charge is 2.41. The minimum Gasteiger partial charge on any atom is -0.493 e. The molecule has 2 aromatic heterocycles. The van der Waals surface area contributed by atoms with Crippen molar-refractivity contribution >= 4 is 23.1 Å². The summed E-state index contributed by atoms with van der Waals surface area (Å²) in [5.74, 6) is 1.24. The molecule has 0 bridgehead atoms. The van der Waals surface area contributed by atoms with Crippen molar-refractivity contribution in [2.45, 2.75) is 31.3 Å². The number of hydrogen-bond donors (Lipinski definition) is 2. The molecule has 1 aliphatic heterocycles. The fourth-order valence-electron chi connectivity index (χ4n) is 5.16. The molecule has 1 fully saturated rings. The van der Waals surface area contributed by atoms with Crippen molar-refractivity contribution in [1.82, 2.24) is 19.0 Å². The molecule has 3 atom stereocenters. The molecule has 0 amide bonds. The van der Waals surface area contributed by atoms with Gasteiger partial charge in [0.2, 0.25) is 5.88 Å². The van der Waals surface area contributed by atoms with Crippen molar-refractivity contribution in [3.63, 3.8) is 0 Å². The van der Waals surface area contributed by atoms with Gasteiger partial charge in [0.15, 0.2) is 4.77 Å². The van der Waals surface area contributed by atoms with E-state index in [4.69, 9.17) is 12.2 Å². The molecule has 6 heteroatoms. The van der Waals surface area contributed by atoms with Crippen LogP contribution in [0, 0.1) is 10.7 Å². The maximum Gasteiger partial charge on any atom is 0.209 e. The molecule has 26 heavy (non-hydrogen) atoms. The Morgan fingerprint density at radius 3 is 2.92 bits per heavy atom. The quantitative estimate of drug-likeness (QED) is 0.682. The van der Waals surface area contributed by atoms with E-state index in [1.165, 1.54) is 22.0 Å². The highest BCUT2D eigenvalue weighted by Crippen LogP contribution is 2.46. The number of imidazole rings is 1. The van der Waals surface area contributed by atoms with Gasteiger partial charge in [0.05, 0.1) is 6.20 Å². The number of likely N-dealkylation sites (N-methyl/N-ethyl adjacent to an activating group) is 1. The summed E-state index contributed by atoms with van der Waals surface area (Å²) in [6.45, 7) is 1.96. The van der Waals surface area contributed by atoms with Crippen molar-refractivity contribution < 1.29 is 5.11 Å². The number of nitrogens with zero attached hydrogens (tertiary/aromatic N) is 3. The first-order valence-corrected chi connectivity index (χ1v) is 9.69. The number of aromatic amines is 1. The highest BCUT2D eigenvalue weighted by atomic mass is 32.1. The highest BCUT2D eigenvalue weighted by molar-refractivity contribution is 7.71. The maximum absolute atomic E-state index is 10.0. The van der Waals surface area contributed by atoms with Gasteiger partial charge in [-0.25, -0.2) is 0 Å². The van der Waals surface area contributed by atoms with Gasteiger partial charge < -0.3 is 19.6 Å². The lowest BCUT2D eigenvalue weighted by molar-refractivity contribution is 0.101. The average Bonchev–Trinajstić information content (AvgIpc) is 3.16. The van der Waals surface area contributed by atoms with Crippen LogP contribution >= 0.6 is 12.2 Å². The molecule has 1 aliphatic carbocycles. The summed E-state index contributed by atoms with van der Waals surface area (Å²) < 4.78 is 4.41. The van der Waals surface area contributed by atoms with E-state index in [0.717, 1.165) is 25.9 Å². The first kappa shape index (κ1) is 16.1. The molecule has 2 aliphatic rings. The summed E-state index contributed by atoms with van der Waals surface area (Å²) >= 11 is 5.52. The van der Waals surface area contributed by atoms with E-state index in [-0.39, 0.29) is 5.88 Å². The Kier molecular flexibility index (Phi) is 3.56. The molecule has 1 aromatic carbocycles. The number of piperidine rings is 1. The number of hydrogen-bond acceptors (Lipinski definition) is 3. The van der Waals surface area contributed by atoms with E-state index in [1.54, 1.807) is 10.8 Å². The molecule has 2 unspecified atom stereocenters. The summed E-state index contributed by atoms with van der Waals surface area (Å²) in [6.07, 6.45) is 6.21. The summed E-state index contributed by atoms with van der Waals surface area (Å²) in [7, 11) is 4.07. The molecule has 5 rings (SSSR count). The Labute approximate surface area is 157 Å². The van der Waals surface area contributed by atoms with E-state index >= 15 is 0 Å². The van der Waals surface area contributed by atoms with Gasteiger partial charge in [-0.15, -0.1) is 0 Å². The Bertz CT molecular complexity index is 1050. The van der Waals surface area contributed by atoms with Gasteiger partial charge in [-0.1, -0.05) is 12.1 Å². The van der Waals surface area contributed by atoms with E-state index in [1.807, 2.05) is 11.6 Å². The zero-order valence-electron chi connectivity index (χ0n) is 15.1. The van der Waals surface area contributed by atoms with Crippen molar-refractivity contribution in [3.8, 4) is 5.88 Å². The van der Waals surface area contributed by atoms with Gasteiger partial charge in [-0.3, -0.25) is 4.57 Å². The van der Waals surface area contributed by atoms with Crippen LogP contribution < -0.4 is 0 Å². The smallest absolute Gasteiger partial charge is 0.209 e. The van der Waals surface area contributed by atoms with Crippen LogP contribution in [0.3, 0.4) is 0 Å². The predicted octanol–water partition coefficient (Wildman–Crippen LogP) is 3.40. The summed E-state index contributed by atoms with van der Waals surface area (Å²) in [5.41, 5.74) is 4.16. The maximum atomic E-state index is 10.0. The van der Waals surface area contributed by atoms with Crippen LogP contribution in [-0.2, 0) is 20.0 Å². The van der Waals surface area contributed by atoms with Crippen LogP contribution in [0.25, 0.3) is 10.9 Å². The van der Waals surface area contributed by atoms with Crippen molar-refractivity contribution in [2.75, 3.05) is 13.6 Å². The number of benzene rings is 1. The zero-order chi connectivity index (χ0) is 18.0. The van der Waals surface area contributed by atoms with Gasteiger partial charge in [0.1, 0.15) is 0 Å². The molecule has 0 saturated carbocycles. The minimum absolute atomic E-state index is 0.234. The summed E-state index contributed by atoms with van der Waals surface area (Å²) in [4.78, 5) is 5.98. The lowest BCUT2D eigenvalue weighted by atomic mass is 9.69. The lowest BCUT2D eigenvalue weighted by Crippen LogP contribution is -2.49. The second-order valence-electron chi connectivity index (χ2n) is 7.89. The molecule has 0 radical (unpaired) electrons. The van der Waals surface area contributed by atoms with Gasteiger partial charge in [-0.05, 0) is 61.8 Å². The molecule has 2 N–H and O–H groups in total. The summed E-state index contributed by atoms with van der Waals surface area (Å²) in [5, 5.41) is 11.4. The molecule has 0 spiro atoms. The van der Waals surface area contributed by atoms with Crippen LogP contribution in [0.1, 0.15) is 23.5 Å². The second kappa shape index (κ2) is 5.72. The van der Waals surface area contributed by atoms with E-state index in [0.29, 0.717) is 22.6 Å². The first-order valence-electron chi connectivity index (χ1n) is 9.29. The Balaban J connectivity index is 1.60. The third-order valence-corrected chi connectivity index (χ3v) is 7.04. The van der Waals surface area contributed by atoms with E-state index in [2.05, 4.69) is 41.3 Å². The molecule has 5 nitrogen and oxygen atoms in total. The Morgan fingerprint density at radius 2 is 2.15 bits per heavy atom. The van der Waals surface area contributed by atoms with E-state index < -0.39 is 0 Å². The fraction of sp³-hybridized carbons (Fsp3) is 0.450. The van der Waals surface area contributed by atoms with Gasteiger partial charge in [0.25, 0.3) is 0 Å². The van der Waals surface area contributed by atoms with E-state index in [9.17, 15) is 5.11 Å². The third-order valence-electron chi connectivity index (χ3n) is 6.53. The zero-order valence-corrected chi connectivity index (χ0v) is 16.0. The van der Waals surface area contributed by atoms with Crippen LogP contribution in [0.4, 0.5) is 0 Å². The van der Waals surface area contributed by atoms with Crippen LogP contribution in [-0.4, -0.2) is 43.8 Å². The van der Waals surface area contributed by atoms with Gasteiger partial charge in [0, 0.05) is 42.7 Å². The number of rotatable bonds is 2. The molecular formula is C20H24N4OS. The fourth-order valence-corrected chi connectivity index (χ4v) is 5.38. The summed E-state index contributed by atoms with van der Waals surface area (Å²) in [6, 6.07) is 7.18. The van der Waals surface area contributed by atoms with Crippen LogP contribution in [0.5, 0.6) is 5.88 Å². The number of aromatic nitrogens is 3.